The Morgan fingerprint density at radius 1 is 0.485 bits per heavy atom. The Morgan fingerprint density at radius 3 is 1.39 bits per heavy atom. The lowest BCUT2D eigenvalue weighted by molar-refractivity contribution is -0.141. The number of amides is 7. The van der Waals surface area contributed by atoms with Crippen molar-refractivity contribution < 1.29 is 85.7 Å². The van der Waals surface area contributed by atoms with E-state index in [2.05, 4.69) is 45.9 Å². The zero-order valence-corrected chi connectivity index (χ0v) is 59.4. The summed E-state index contributed by atoms with van der Waals surface area (Å²) in [7, 11) is 0. The first kappa shape index (κ1) is 80.0. The van der Waals surface area contributed by atoms with E-state index in [1.54, 1.807) is 38.2 Å². The number of imidazole rings is 2. The van der Waals surface area contributed by atoms with Gasteiger partial charge in [0.1, 0.15) is 34.7 Å². The molecule has 7 amide bonds. The molecule has 35 heteroatoms. The van der Waals surface area contributed by atoms with Gasteiger partial charge in [0.15, 0.2) is 5.65 Å². The minimum Gasteiger partial charge on any atom is -0.491 e. The number of unbranched alkanes of at least 4 members (excludes halogenated alkanes) is 1. The number of nitrogens with one attached hydrogen (secondary N) is 3. The first-order valence-electron chi connectivity index (χ1n) is 35.0. The molecule has 0 spiro atoms. The minimum atomic E-state index is -0.667. The molecule has 1 saturated heterocycles. The average molecular weight is 1440 g/mol. The van der Waals surface area contributed by atoms with Crippen LogP contribution in [0.5, 0.6) is 5.75 Å². The molecule has 103 heavy (non-hydrogen) atoms. The number of piperazine rings is 1. The van der Waals surface area contributed by atoms with Gasteiger partial charge in [0, 0.05) is 95.9 Å². The number of ether oxygens (including phenoxy) is 11. The molecule has 0 radical (unpaired) electrons. The van der Waals surface area contributed by atoms with Crippen molar-refractivity contribution in [3.8, 4) is 5.75 Å². The number of fused-ring (bicyclic) bond motifs is 2. The number of aromatic nitrogens is 9. The number of aryl methyl sites for hydroxylation is 6. The van der Waals surface area contributed by atoms with Gasteiger partial charge in [-0.2, -0.15) is 10.2 Å². The van der Waals surface area contributed by atoms with E-state index in [1.807, 2.05) is 32.3 Å². The summed E-state index contributed by atoms with van der Waals surface area (Å²) in [4.78, 5) is 107. The fraction of sp³-hybridized carbons (Fsp3) is 0.588. The maximum absolute atomic E-state index is 14.0. The Morgan fingerprint density at radius 2 is 0.913 bits per heavy atom. The van der Waals surface area contributed by atoms with Crippen LogP contribution in [0.2, 0.25) is 0 Å². The Labute approximate surface area is 597 Å². The molecule has 1 aromatic carbocycles. The molecule has 7 N–H and O–H groups in total. The van der Waals surface area contributed by atoms with Gasteiger partial charge in [0.2, 0.25) is 29.6 Å². The number of nitrogens with zero attached hydrogens (tertiary/aromatic N) is 12. The lowest BCUT2D eigenvalue weighted by Gasteiger charge is -2.34. The number of carbonyl (C=O) groups is 7. The van der Waals surface area contributed by atoms with Crippen LogP contribution < -0.4 is 32.2 Å². The number of imide groups is 1. The van der Waals surface area contributed by atoms with Gasteiger partial charge in [-0.1, -0.05) is 0 Å². The Balaban J connectivity index is 0.644. The van der Waals surface area contributed by atoms with Crippen molar-refractivity contribution in [2.24, 2.45) is 11.5 Å². The van der Waals surface area contributed by atoms with Crippen molar-refractivity contribution in [1.29, 1.82) is 0 Å². The predicted octanol–water partition coefficient (Wildman–Crippen LogP) is 1.61. The third-order valence-electron chi connectivity index (χ3n) is 16.3. The fourth-order valence-electron chi connectivity index (χ4n) is 11.1. The summed E-state index contributed by atoms with van der Waals surface area (Å²) in [5, 5.41) is 17.4. The summed E-state index contributed by atoms with van der Waals surface area (Å²) in [6, 6.07) is 8.15. The molecule has 5 aromatic heterocycles. The van der Waals surface area contributed by atoms with E-state index in [9.17, 15) is 33.6 Å². The summed E-state index contributed by atoms with van der Waals surface area (Å²) in [6.45, 7) is 23.1. The largest absolute Gasteiger partial charge is 0.491 e. The van der Waals surface area contributed by atoms with E-state index >= 15 is 0 Å². The topological polar surface area (TPSA) is 403 Å². The molecule has 35 nitrogen and oxygen atoms in total. The standard InChI is InChI=1S/C68H99N17O18/c1-5-84-55(42-49(3)77-84)65(91)75-67-73-53-44-51(62(69)89)46-57(61(53)81(67)14-7-8-15-82-64-54(45-52(47-72-64)63(70)90)74-68(82)76-66(92)56-43-50(4)78-85(56)6-2)103-21-9-13-79-16-18-80(19-17-79)20-23-94-25-27-96-29-31-98-33-35-100-37-39-102-41-40-101-38-36-99-34-32-97-30-28-95-26-24-93-22-12-71-58(86)48-83-59(87)10-11-60(83)88/h10-11,42-47H,5-9,12-41,48H2,1-4H3,(H2,69,89)(H2,70,90)(H,71,86)(H,73,75,91)(H,74,76,92). The summed E-state index contributed by atoms with van der Waals surface area (Å²) in [6.07, 6.45) is 5.36. The van der Waals surface area contributed by atoms with E-state index in [-0.39, 0.29) is 42.7 Å². The van der Waals surface area contributed by atoms with E-state index in [1.165, 1.54) is 12.3 Å². The monoisotopic (exact) mass is 1440 g/mol. The Kier molecular flexibility index (Phi) is 33.7. The van der Waals surface area contributed by atoms with Crippen LogP contribution in [0.4, 0.5) is 11.9 Å². The Hall–Kier alpha value is -8.72. The minimum absolute atomic E-state index is 0.168. The molecule has 0 atom stereocenters. The van der Waals surface area contributed by atoms with E-state index < -0.39 is 41.4 Å². The zero-order chi connectivity index (χ0) is 73.1. The van der Waals surface area contributed by atoms with Gasteiger partial charge in [0.05, 0.1) is 161 Å². The van der Waals surface area contributed by atoms with Crippen molar-refractivity contribution in [2.45, 2.75) is 73.1 Å². The van der Waals surface area contributed by atoms with Gasteiger partial charge < -0.3 is 78.4 Å². The second kappa shape index (κ2) is 43.4. The third-order valence-corrected chi connectivity index (χ3v) is 16.3. The van der Waals surface area contributed by atoms with Crippen LogP contribution in [0.15, 0.2) is 48.7 Å². The molecule has 0 unspecified atom stereocenters. The molecule has 8 rings (SSSR count). The molecular weight excluding hydrogens is 1340 g/mol. The number of nitrogens with two attached hydrogens (primary N) is 2. The highest BCUT2D eigenvalue weighted by Gasteiger charge is 2.27. The van der Waals surface area contributed by atoms with Crippen LogP contribution in [-0.4, -0.2) is 291 Å². The van der Waals surface area contributed by atoms with Gasteiger partial charge in [0.25, 0.3) is 23.6 Å². The van der Waals surface area contributed by atoms with Crippen LogP contribution in [-0.2, 0) is 87.9 Å². The van der Waals surface area contributed by atoms with Crippen molar-refractivity contribution >= 4 is 75.4 Å². The van der Waals surface area contributed by atoms with Crippen molar-refractivity contribution in [3.63, 3.8) is 0 Å². The predicted molar refractivity (Wildman–Crippen MR) is 375 cm³/mol. The maximum Gasteiger partial charge on any atom is 0.276 e. The third kappa shape index (κ3) is 25.9. The molecule has 1 fully saturated rings. The molecule has 0 bridgehead atoms. The fourth-order valence-corrected chi connectivity index (χ4v) is 11.1. The van der Waals surface area contributed by atoms with Crippen LogP contribution >= 0.6 is 0 Å². The number of anilines is 2. The number of carbonyl (C=O) groups excluding carboxylic acids is 7. The number of rotatable bonds is 53. The normalized spacial score (nSPS) is 13.5. The van der Waals surface area contributed by atoms with Crippen molar-refractivity contribution in [3.05, 3.63) is 82.6 Å². The highest BCUT2D eigenvalue weighted by Crippen LogP contribution is 2.32. The highest BCUT2D eigenvalue weighted by molar-refractivity contribution is 6.14. The maximum atomic E-state index is 14.0. The second-order valence-corrected chi connectivity index (χ2v) is 23.9. The first-order chi connectivity index (χ1) is 50.1. The zero-order valence-electron chi connectivity index (χ0n) is 59.4. The van der Waals surface area contributed by atoms with E-state index in [0.29, 0.717) is 228 Å². The molecule has 7 heterocycles. The van der Waals surface area contributed by atoms with Gasteiger partial charge in [-0.25, -0.2) is 15.0 Å². The van der Waals surface area contributed by atoms with Crippen LogP contribution in [0.3, 0.4) is 0 Å². The summed E-state index contributed by atoms with van der Waals surface area (Å²) >= 11 is 0. The van der Waals surface area contributed by atoms with Gasteiger partial charge in [-0.05, 0) is 77.3 Å². The molecule has 0 aliphatic carbocycles. The lowest BCUT2D eigenvalue weighted by atomic mass is 10.1. The quantitative estimate of drug-likeness (QED) is 0.0267. The van der Waals surface area contributed by atoms with Gasteiger partial charge in [-0.3, -0.25) is 67.9 Å². The molecule has 2 aliphatic heterocycles. The summed E-state index contributed by atoms with van der Waals surface area (Å²) < 4.78 is 69.1. The van der Waals surface area contributed by atoms with E-state index in [4.69, 9.17) is 68.6 Å². The van der Waals surface area contributed by atoms with E-state index in [0.717, 1.165) is 56.3 Å². The van der Waals surface area contributed by atoms with Gasteiger partial charge >= 0.3 is 0 Å². The Bertz CT molecular complexity index is 3710. The molecule has 0 saturated carbocycles. The number of hydrogen-bond acceptors (Lipinski definition) is 25. The number of benzene rings is 1. The molecular formula is C68H99N17O18. The number of pyridine rings is 1. The second-order valence-electron chi connectivity index (χ2n) is 23.9. The summed E-state index contributed by atoms with van der Waals surface area (Å²) in [5.41, 5.74) is 15.7. The molecule has 564 valence electrons. The first-order valence-corrected chi connectivity index (χ1v) is 35.0. The van der Waals surface area contributed by atoms with Crippen molar-refractivity contribution in [2.75, 3.05) is 202 Å². The highest BCUT2D eigenvalue weighted by atomic mass is 16.6. The van der Waals surface area contributed by atoms with Crippen molar-refractivity contribution in [1.82, 2.24) is 63.7 Å². The average Bonchev–Trinajstić information content (AvgIpc) is 1.64. The summed E-state index contributed by atoms with van der Waals surface area (Å²) in [5.74, 6) is -2.77. The smallest absolute Gasteiger partial charge is 0.276 e. The van der Waals surface area contributed by atoms with Crippen LogP contribution in [0, 0.1) is 13.8 Å². The lowest BCUT2D eigenvalue weighted by Crippen LogP contribution is -2.47. The molecule has 2 aliphatic rings. The number of hydrogen-bond donors (Lipinski definition) is 5. The van der Waals surface area contributed by atoms with Crippen LogP contribution in [0.1, 0.15) is 86.2 Å². The van der Waals surface area contributed by atoms with Crippen LogP contribution in [0.25, 0.3) is 22.2 Å². The van der Waals surface area contributed by atoms with Gasteiger partial charge in [-0.15, -0.1) is 0 Å². The number of primary amides is 2. The molecule has 6 aromatic rings. The SMILES string of the molecule is CCn1nc(C)cc1C(=O)Nc1nc2cc(C(N)=O)cnc2n1CCCCn1c(NC(=O)c2cc(C)nn2CC)nc2cc(C(N)=O)cc(OCCCN3CCN(CCOCCOCCOCCOCCOCCOCCOCCOCCOCCOCCNC(=O)CN4C(=O)C=CC4=O)CC3)c21.